The highest BCUT2D eigenvalue weighted by Gasteiger charge is 2.24. The average molecular weight is 337 g/mol. The van der Waals surface area contributed by atoms with Gasteiger partial charge in [0.05, 0.1) is 4.90 Å². The lowest BCUT2D eigenvalue weighted by Gasteiger charge is -2.23. The van der Waals surface area contributed by atoms with Crippen molar-refractivity contribution in [3.05, 3.63) is 76.7 Å². The third-order valence-electron chi connectivity index (χ3n) is 3.77. The fraction of sp³-hybridized carbons (Fsp3) is 0.105. The Morgan fingerprint density at radius 2 is 1.79 bits per heavy atom. The van der Waals surface area contributed by atoms with Crippen LogP contribution in [0.15, 0.2) is 76.0 Å². The molecule has 5 heteroatoms. The summed E-state index contributed by atoms with van der Waals surface area (Å²) in [4.78, 5) is -0.196. The summed E-state index contributed by atoms with van der Waals surface area (Å²) in [5.74, 6) is 0.742. The molecule has 0 saturated carbocycles. The van der Waals surface area contributed by atoms with Crippen molar-refractivity contribution in [2.24, 2.45) is 0 Å². The van der Waals surface area contributed by atoms with Crippen LogP contribution in [-0.4, -0.2) is 14.5 Å². The molecule has 0 unspecified atom stereocenters. The smallest absolute Gasteiger partial charge is 0.216 e. The normalized spacial score (nSPS) is 17.2. The summed E-state index contributed by atoms with van der Waals surface area (Å²) in [6.45, 7) is 1.82. The predicted molar refractivity (Wildman–Crippen MR) is 91.8 cm³/mol. The molecule has 1 aliphatic heterocycles. The molecule has 1 atom stereocenters. The first kappa shape index (κ1) is 16.0. The number of ether oxygens (including phenoxy) is 1. The molecule has 0 fully saturated rings. The highest BCUT2D eigenvalue weighted by Crippen LogP contribution is 2.31. The molecule has 0 radical (unpaired) electrons. The fourth-order valence-electron chi connectivity index (χ4n) is 2.47. The van der Waals surface area contributed by atoms with E-state index in [1.807, 2.05) is 43.3 Å². The third kappa shape index (κ3) is 2.97. The lowest BCUT2D eigenvalue weighted by molar-refractivity contribution is 0.257. The molecular formula is C19H15NO3S. The van der Waals surface area contributed by atoms with E-state index in [2.05, 4.69) is 0 Å². The number of para-hydroxylation sites is 1. The van der Waals surface area contributed by atoms with Gasteiger partial charge in [-0.25, -0.2) is 8.42 Å². The first-order valence-electron chi connectivity index (χ1n) is 7.41. The second-order valence-electron chi connectivity index (χ2n) is 5.38. The second-order valence-corrected chi connectivity index (χ2v) is 7.30. The topological polar surface area (TPSA) is 67.2 Å². The van der Waals surface area contributed by atoms with Crippen LogP contribution < -0.4 is 4.74 Å². The van der Waals surface area contributed by atoms with Gasteiger partial charge >= 0.3 is 0 Å². The van der Waals surface area contributed by atoms with E-state index < -0.39 is 9.84 Å². The molecule has 4 nitrogen and oxygen atoms in total. The number of rotatable bonds is 3. The van der Waals surface area contributed by atoms with Crippen molar-refractivity contribution >= 4 is 15.9 Å². The molecule has 0 saturated heterocycles. The molecule has 1 aliphatic rings. The maximum Gasteiger partial charge on any atom is 0.216 e. The van der Waals surface area contributed by atoms with E-state index in [1.165, 1.54) is 18.2 Å². The monoisotopic (exact) mass is 337 g/mol. The highest BCUT2D eigenvalue weighted by molar-refractivity contribution is 7.95. The number of hydrogen-bond acceptors (Lipinski definition) is 4. The molecule has 1 heterocycles. The van der Waals surface area contributed by atoms with Crippen LogP contribution in [0, 0.1) is 11.3 Å². The van der Waals surface area contributed by atoms with Crippen molar-refractivity contribution in [1.82, 2.24) is 0 Å². The molecule has 2 aromatic rings. The number of nitrogens with zero attached hydrogens (tertiary/aromatic N) is 1. The standard InChI is InChI=1S/C19H15NO3S/c1-14-16(11-15-7-5-6-10-19(15)23-14)12-18(13-20)24(21,22)17-8-3-2-4-9-17/h2-12,14H,1H3/b18-12+/t14-/m1/s1. The summed E-state index contributed by atoms with van der Waals surface area (Å²) in [6, 6.07) is 17.2. The number of hydrogen-bond donors (Lipinski definition) is 0. The van der Waals surface area contributed by atoms with E-state index in [0.717, 1.165) is 11.3 Å². The van der Waals surface area contributed by atoms with Crippen molar-refractivity contribution in [2.45, 2.75) is 17.9 Å². The maximum absolute atomic E-state index is 12.6. The largest absolute Gasteiger partial charge is 0.485 e. The van der Waals surface area contributed by atoms with Crippen LogP contribution in [0.4, 0.5) is 0 Å². The van der Waals surface area contributed by atoms with E-state index in [4.69, 9.17) is 4.74 Å². The van der Waals surface area contributed by atoms with Crippen molar-refractivity contribution in [1.29, 1.82) is 5.26 Å². The van der Waals surface area contributed by atoms with Crippen LogP contribution in [-0.2, 0) is 9.84 Å². The van der Waals surface area contributed by atoms with Crippen LogP contribution >= 0.6 is 0 Å². The van der Waals surface area contributed by atoms with Gasteiger partial charge in [-0.05, 0) is 42.8 Å². The molecule has 3 rings (SSSR count). The van der Waals surface area contributed by atoms with Gasteiger partial charge in [-0.2, -0.15) is 5.26 Å². The first-order valence-corrected chi connectivity index (χ1v) is 8.90. The van der Waals surface area contributed by atoms with Gasteiger partial charge in [-0.15, -0.1) is 0 Å². The number of allylic oxidation sites excluding steroid dienone is 1. The molecule has 0 bridgehead atoms. The van der Waals surface area contributed by atoms with Crippen molar-refractivity contribution in [2.75, 3.05) is 0 Å². The lowest BCUT2D eigenvalue weighted by atomic mass is 10.0. The molecule has 0 spiro atoms. The minimum Gasteiger partial charge on any atom is -0.485 e. The number of nitriles is 1. The number of fused-ring (bicyclic) bond motifs is 1. The Morgan fingerprint density at radius 1 is 1.12 bits per heavy atom. The van der Waals surface area contributed by atoms with Gasteiger partial charge in [0.1, 0.15) is 22.8 Å². The van der Waals surface area contributed by atoms with E-state index in [0.29, 0.717) is 5.57 Å². The zero-order chi connectivity index (χ0) is 17.2. The fourth-order valence-corrected chi connectivity index (χ4v) is 3.65. The summed E-state index contributed by atoms with van der Waals surface area (Å²) < 4.78 is 31.1. The van der Waals surface area contributed by atoms with Crippen LogP contribution in [0.1, 0.15) is 12.5 Å². The molecule has 0 amide bonds. The van der Waals surface area contributed by atoms with Crippen molar-refractivity contribution in [3.8, 4) is 11.8 Å². The van der Waals surface area contributed by atoms with Crippen LogP contribution in [0.25, 0.3) is 6.08 Å². The Bertz CT molecular complexity index is 967. The molecule has 0 aromatic heterocycles. The Labute approximate surface area is 141 Å². The SMILES string of the molecule is C[C@H]1Oc2ccccc2C=C1/C=C(\C#N)S(=O)(=O)c1ccccc1. The summed E-state index contributed by atoms with van der Waals surface area (Å²) in [7, 11) is -3.85. The molecule has 0 N–H and O–H groups in total. The van der Waals surface area contributed by atoms with E-state index in [1.54, 1.807) is 18.2 Å². The maximum atomic E-state index is 12.6. The zero-order valence-corrected chi connectivity index (χ0v) is 13.8. The van der Waals surface area contributed by atoms with Crippen LogP contribution in [0.2, 0.25) is 0 Å². The quantitative estimate of drug-likeness (QED) is 0.800. The van der Waals surface area contributed by atoms with Gasteiger partial charge in [-0.1, -0.05) is 36.4 Å². The lowest BCUT2D eigenvalue weighted by Crippen LogP contribution is -2.18. The predicted octanol–water partition coefficient (Wildman–Crippen LogP) is 3.73. The minimum absolute atomic E-state index is 0.100. The van der Waals surface area contributed by atoms with E-state index in [9.17, 15) is 13.7 Å². The van der Waals surface area contributed by atoms with Crippen molar-refractivity contribution < 1.29 is 13.2 Å². The molecule has 2 aromatic carbocycles. The number of benzene rings is 2. The van der Waals surface area contributed by atoms with Gasteiger partial charge in [0, 0.05) is 5.56 Å². The summed E-state index contributed by atoms with van der Waals surface area (Å²) >= 11 is 0. The second kappa shape index (κ2) is 6.34. The third-order valence-corrected chi connectivity index (χ3v) is 5.45. The molecule has 24 heavy (non-hydrogen) atoms. The van der Waals surface area contributed by atoms with Gasteiger partial charge in [-0.3, -0.25) is 0 Å². The van der Waals surface area contributed by atoms with Gasteiger partial charge in [0.25, 0.3) is 0 Å². The first-order chi connectivity index (χ1) is 11.5. The average Bonchev–Trinajstić information content (AvgIpc) is 2.60. The van der Waals surface area contributed by atoms with Crippen LogP contribution in [0.3, 0.4) is 0 Å². The molecule has 0 aliphatic carbocycles. The Balaban J connectivity index is 2.06. The van der Waals surface area contributed by atoms with Crippen molar-refractivity contribution in [3.63, 3.8) is 0 Å². The summed E-state index contributed by atoms with van der Waals surface area (Å²) in [6.07, 6.45) is 2.90. The van der Waals surface area contributed by atoms with Gasteiger partial charge < -0.3 is 4.74 Å². The van der Waals surface area contributed by atoms with E-state index in [-0.39, 0.29) is 15.9 Å². The Morgan fingerprint density at radius 3 is 2.50 bits per heavy atom. The zero-order valence-electron chi connectivity index (χ0n) is 13.0. The Hall–Kier alpha value is -2.84. The summed E-state index contributed by atoms with van der Waals surface area (Å²) in [5.41, 5.74) is 1.50. The minimum atomic E-state index is -3.85. The van der Waals surface area contributed by atoms with Crippen LogP contribution in [0.5, 0.6) is 5.75 Å². The van der Waals surface area contributed by atoms with E-state index >= 15 is 0 Å². The summed E-state index contributed by atoms with van der Waals surface area (Å²) in [5, 5.41) is 9.37. The molecule has 120 valence electrons. The van der Waals surface area contributed by atoms with Gasteiger partial charge in [0.2, 0.25) is 9.84 Å². The number of sulfone groups is 1. The Kier molecular flexibility index (Phi) is 4.24. The highest BCUT2D eigenvalue weighted by atomic mass is 32.2. The molecular weight excluding hydrogens is 322 g/mol. The van der Waals surface area contributed by atoms with Gasteiger partial charge in [0.15, 0.2) is 0 Å².